The second kappa shape index (κ2) is 4.88. The Morgan fingerprint density at radius 2 is 2.21 bits per heavy atom. The lowest BCUT2D eigenvalue weighted by Crippen LogP contribution is -2.54. The van der Waals surface area contributed by atoms with Crippen LogP contribution in [0.2, 0.25) is 0 Å². The zero-order chi connectivity index (χ0) is 14.3. The topological polar surface area (TPSA) is 81.2 Å². The second-order valence-electron chi connectivity index (χ2n) is 5.74. The average Bonchev–Trinajstić information content (AvgIpc) is 2.81. The van der Waals surface area contributed by atoms with Crippen LogP contribution in [0, 0.1) is 5.41 Å². The van der Waals surface area contributed by atoms with Crippen molar-refractivity contribution in [2.75, 3.05) is 13.1 Å². The fourth-order valence-corrected chi connectivity index (χ4v) is 4.20. The smallest absolute Gasteiger partial charge is 0.260 e. The normalized spacial score (nSPS) is 24.5. The van der Waals surface area contributed by atoms with Crippen LogP contribution < -0.4 is 5.73 Å². The van der Waals surface area contributed by atoms with Crippen LogP contribution in [0.4, 0.5) is 0 Å². The average molecular weight is 286 g/mol. The second-order valence-corrected chi connectivity index (χ2v) is 7.63. The van der Waals surface area contributed by atoms with Gasteiger partial charge in [0.1, 0.15) is 0 Å². The first-order valence-corrected chi connectivity index (χ1v) is 7.99. The summed E-state index contributed by atoms with van der Waals surface area (Å²) in [4.78, 5) is 3.94. The van der Waals surface area contributed by atoms with Crippen LogP contribution >= 0.6 is 0 Å². The van der Waals surface area contributed by atoms with Gasteiger partial charge in [0, 0.05) is 25.7 Å². The molecule has 2 N–H and O–H groups in total. The fourth-order valence-electron chi connectivity index (χ4n) is 2.42. The van der Waals surface area contributed by atoms with E-state index in [2.05, 4.69) is 4.98 Å². The first-order chi connectivity index (χ1) is 8.79. The van der Waals surface area contributed by atoms with E-state index in [1.165, 1.54) is 10.5 Å². The molecule has 1 unspecified atom stereocenters. The van der Waals surface area contributed by atoms with Gasteiger partial charge in [-0.05, 0) is 18.8 Å². The van der Waals surface area contributed by atoms with Crippen molar-refractivity contribution in [1.82, 2.24) is 13.9 Å². The van der Waals surface area contributed by atoms with Crippen molar-refractivity contribution >= 4 is 10.0 Å². The van der Waals surface area contributed by atoms with E-state index in [1.807, 2.05) is 20.8 Å². The molecule has 0 saturated carbocycles. The van der Waals surface area contributed by atoms with E-state index >= 15 is 0 Å². The molecular weight excluding hydrogens is 264 g/mol. The van der Waals surface area contributed by atoms with E-state index in [1.54, 1.807) is 10.9 Å². The molecule has 0 radical (unpaired) electrons. The Morgan fingerprint density at radius 3 is 2.79 bits per heavy atom. The Kier molecular flexibility index (Phi) is 3.72. The van der Waals surface area contributed by atoms with Gasteiger partial charge >= 0.3 is 0 Å². The third-order valence-corrected chi connectivity index (χ3v) is 5.76. The quantitative estimate of drug-likeness (QED) is 0.884. The predicted molar refractivity (Wildman–Crippen MR) is 73.0 cm³/mol. The van der Waals surface area contributed by atoms with Gasteiger partial charge in [0.25, 0.3) is 10.0 Å². The Morgan fingerprint density at radius 1 is 1.53 bits per heavy atom. The van der Waals surface area contributed by atoms with Crippen LogP contribution in [-0.2, 0) is 16.6 Å². The van der Waals surface area contributed by atoms with Crippen molar-refractivity contribution in [3.05, 3.63) is 12.5 Å². The lowest BCUT2D eigenvalue weighted by molar-refractivity contribution is 0.155. The van der Waals surface area contributed by atoms with Crippen molar-refractivity contribution < 1.29 is 8.42 Å². The standard InChI is InChI=1S/C12H22N4O2S/c1-4-15-9-14-7-11(15)19(17,18)16-6-5-10(13)12(2,3)8-16/h7,9-10H,4-6,8,13H2,1-3H3. The maximum atomic E-state index is 12.6. The Labute approximate surface area is 114 Å². The van der Waals surface area contributed by atoms with E-state index in [0.717, 1.165) is 0 Å². The first kappa shape index (κ1) is 14.5. The molecular formula is C12H22N4O2S. The summed E-state index contributed by atoms with van der Waals surface area (Å²) < 4.78 is 28.5. The molecule has 2 rings (SSSR count). The van der Waals surface area contributed by atoms with Gasteiger partial charge in [0.05, 0.1) is 12.5 Å². The van der Waals surface area contributed by atoms with Crippen molar-refractivity contribution in [3.63, 3.8) is 0 Å². The molecule has 19 heavy (non-hydrogen) atoms. The van der Waals surface area contributed by atoms with Gasteiger partial charge in [-0.1, -0.05) is 13.8 Å². The predicted octanol–water partition coefficient (Wildman–Crippen LogP) is 0.651. The van der Waals surface area contributed by atoms with Gasteiger partial charge in [-0.25, -0.2) is 13.4 Å². The molecule has 0 aromatic carbocycles. The minimum absolute atomic E-state index is 0.0371. The van der Waals surface area contributed by atoms with Gasteiger partial charge in [0.15, 0.2) is 5.03 Å². The highest BCUT2D eigenvalue weighted by molar-refractivity contribution is 7.89. The van der Waals surface area contributed by atoms with Gasteiger partial charge < -0.3 is 10.3 Å². The molecule has 1 aromatic rings. The molecule has 1 aromatic heterocycles. The van der Waals surface area contributed by atoms with Crippen LogP contribution in [0.25, 0.3) is 0 Å². The van der Waals surface area contributed by atoms with E-state index in [4.69, 9.17) is 5.73 Å². The highest BCUT2D eigenvalue weighted by Gasteiger charge is 2.39. The third-order valence-electron chi connectivity index (χ3n) is 3.90. The van der Waals surface area contributed by atoms with E-state index in [-0.39, 0.29) is 16.5 Å². The largest absolute Gasteiger partial charge is 0.327 e. The molecule has 7 heteroatoms. The molecule has 1 saturated heterocycles. The summed E-state index contributed by atoms with van der Waals surface area (Å²) in [7, 11) is -3.48. The summed E-state index contributed by atoms with van der Waals surface area (Å²) in [5.41, 5.74) is 5.85. The number of sulfonamides is 1. The summed E-state index contributed by atoms with van der Waals surface area (Å²) >= 11 is 0. The Balaban J connectivity index is 2.31. The lowest BCUT2D eigenvalue weighted by Gasteiger charge is -2.41. The van der Waals surface area contributed by atoms with Gasteiger partial charge in [0.2, 0.25) is 0 Å². The number of aromatic nitrogens is 2. The summed E-state index contributed by atoms with van der Waals surface area (Å²) in [6.07, 6.45) is 3.65. The van der Waals surface area contributed by atoms with Crippen LogP contribution in [0.1, 0.15) is 27.2 Å². The molecule has 0 amide bonds. The summed E-state index contributed by atoms with van der Waals surface area (Å²) in [5, 5.41) is 0.265. The molecule has 0 aliphatic carbocycles. The zero-order valence-electron chi connectivity index (χ0n) is 11.7. The number of aryl methyl sites for hydroxylation is 1. The molecule has 108 valence electrons. The lowest BCUT2D eigenvalue weighted by atomic mass is 9.81. The Bertz CT molecular complexity index is 550. The van der Waals surface area contributed by atoms with Crippen molar-refractivity contribution in [2.24, 2.45) is 11.1 Å². The SMILES string of the molecule is CCn1cncc1S(=O)(=O)N1CCC(N)C(C)(C)C1. The third kappa shape index (κ3) is 2.54. The number of rotatable bonds is 3. The molecule has 0 bridgehead atoms. The van der Waals surface area contributed by atoms with Crippen LogP contribution in [0.3, 0.4) is 0 Å². The number of hydrogen-bond donors (Lipinski definition) is 1. The van der Waals surface area contributed by atoms with Gasteiger partial charge in [-0.15, -0.1) is 0 Å². The van der Waals surface area contributed by atoms with Crippen molar-refractivity contribution in [1.29, 1.82) is 0 Å². The molecule has 1 atom stereocenters. The van der Waals surface area contributed by atoms with E-state index in [9.17, 15) is 8.42 Å². The highest BCUT2D eigenvalue weighted by atomic mass is 32.2. The molecule has 0 spiro atoms. The van der Waals surface area contributed by atoms with Crippen LogP contribution in [0.15, 0.2) is 17.6 Å². The maximum absolute atomic E-state index is 12.6. The molecule has 2 heterocycles. The zero-order valence-corrected chi connectivity index (χ0v) is 12.5. The summed E-state index contributed by atoms with van der Waals surface area (Å²) in [6, 6.07) is 0.0371. The fraction of sp³-hybridized carbons (Fsp3) is 0.750. The van der Waals surface area contributed by atoms with Crippen molar-refractivity contribution in [3.8, 4) is 0 Å². The molecule has 1 aliphatic heterocycles. The van der Waals surface area contributed by atoms with Gasteiger partial charge in [-0.2, -0.15) is 4.31 Å². The first-order valence-electron chi connectivity index (χ1n) is 6.55. The highest BCUT2D eigenvalue weighted by Crippen LogP contribution is 2.31. The Hall–Kier alpha value is -0.920. The summed E-state index contributed by atoms with van der Waals surface area (Å²) in [6.45, 7) is 7.43. The maximum Gasteiger partial charge on any atom is 0.260 e. The molecule has 1 fully saturated rings. The minimum Gasteiger partial charge on any atom is -0.327 e. The van der Waals surface area contributed by atoms with Crippen molar-refractivity contribution in [2.45, 2.75) is 44.8 Å². The van der Waals surface area contributed by atoms with Crippen LogP contribution in [-0.4, -0.2) is 41.4 Å². The molecule has 1 aliphatic rings. The minimum atomic E-state index is -3.48. The number of hydrogen-bond acceptors (Lipinski definition) is 4. The van der Waals surface area contributed by atoms with E-state index in [0.29, 0.717) is 26.1 Å². The number of piperidine rings is 1. The number of imidazole rings is 1. The number of nitrogens with zero attached hydrogens (tertiary/aromatic N) is 3. The van der Waals surface area contributed by atoms with Crippen LogP contribution in [0.5, 0.6) is 0 Å². The van der Waals surface area contributed by atoms with Gasteiger partial charge in [-0.3, -0.25) is 0 Å². The monoisotopic (exact) mass is 286 g/mol. The van der Waals surface area contributed by atoms with E-state index < -0.39 is 10.0 Å². The summed E-state index contributed by atoms with van der Waals surface area (Å²) in [5.74, 6) is 0. The molecule has 6 nitrogen and oxygen atoms in total. The number of nitrogens with two attached hydrogens (primary N) is 1.